The number of carbonyl (C=O) groups excluding carboxylic acids is 1. The summed E-state index contributed by atoms with van der Waals surface area (Å²) in [5.41, 5.74) is 0.495. The molecule has 0 saturated heterocycles. The fourth-order valence-electron chi connectivity index (χ4n) is 1.21. The van der Waals surface area contributed by atoms with Crippen LogP contribution in [0, 0.1) is 11.7 Å². The molecule has 0 bridgehead atoms. The van der Waals surface area contributed by atoms with E-state index in [0.717, 1.165) is 6.42 Å². The van der Waals surface area contributed by atoms with Gasteiger partial charge in [0.2, 0.25) is 5.91 Å². The number of benzene rings is 1. The number of nitrogens with one attached hydrogen (secondary N) is 1. The van der Waals surface area contributed by atoms with Gasteiger partial charge in [-0.3, -0.25) is 4.79 Å². The zero-order chi connectivity index (χ0) is 12.1. The summed E-state index contributed by atoms with van der Waals surface area (Å²) >= 11 is 0. The van der Waals surface area contributed by atoms with Gasteiger partial charge in [-0.15, -0.1) is 0 Å². The van der Waals surface area contributed by atoms with Crippen LogP contribution in [0.2, 0.25) is 0 Å². The molecule has 16 heavy (non-hydrogen) atoms. The number of hydrogen-bond donors (Lipinski definition) is 1. The number of anilines is 1. The van der Waals surface area contributed by atoms with E-state index in [9.17, 15) is 9.18 Å². The van der Waals surface area contributed by atoms with E-state index in [-0.39, 0.29) is 11.8 Å². The SMILES string of the molecule is CC[C@@H](C)C(=O)Nc1ccc(F)cc1OC. The molecular formula is C12H16FNO2. The van der Waals surface area contributed by atoms with Crippen LogP contribution in [-0.2, 0) is 4.79 Å². The standard InChI is InChI=1S/C12H16FNO2/c1-4-8(2)12(15)14-10-6-5-9(13)7-11(10)16-3/h5-8H,4H2,1-3H3,(H,14,15)/t8-/m1/s1. The first-order valence-electron chi connectivity index (χ1n) is 5.22. The Bertz CT molecular complexity index is 379. The largest absolute Gasteiger partial charge is 0.494 e. The summed E-state index contributed by atoms with van der Waals surface area (Å²) in [6.07, 6.45) is 0.759. The molecule has 1 amide bonds. The maximum absolute atomic E-state index is 12.9. The van der Waals surface area contributed by atoms with E-state index in [1.54, 1.807) is 0 Å². The molecule has 0 heterocycles. The molecule has 3 nitrogen and oxygen atoms in total. The summed E-state index contributed by atoms with van der Waals surface area (Å²) in [5, 5.41) is 2.71. The molecule has 0 aliphatic heterocycles. The van der Waals surface area contributed by atoms with Gasteiger partial charge < -0.3 is 10.1 Å². The highest BCUT2D eigenvalue weighted by atomic mass is 19.1. The first-order chi connectivity index (χ1) is 7.58. The Balaban J connectivity index is 2.84. The van der Waals surface area contributed by atoms with Crippen molar-refractivity contribution in [3.05, 3.63) is 24.0 Å². The molecule has 1 aromatic rings. The number of ether oxygens (including phenoxy) is 1. The van der Waals surface area contributed by atoms with Gasteiger partial charge in [-0.25, -0.2) is 4.39 Å². The zero-order valence-corrected chi connectivity index (χ0v) is 9.71. The van der Waals surface area contributed by atoms with E-state index >= 15 is 0 Å². The summed E-state index contributed by atoms with van der Waals surface area (Å²) in [6.45, 7) is 3.78. The average molecular weight is 225 g/mol. The van der Waals surface area contributed by atoms with Gasteiger partial charge in [0.15, 0.2) is 0 Å². The van der Waals surface area contributed by atoms with Gasteiger partial charge in [0.25, 0.3) is 0 Å². The van der Waals surface area contributed by atoms with Crippen LogP contribution in [0.25, 0.3) is 0 Å². The third-order valence-electron chi connectivity index (χ3n) is 2.48. The van der Waals surface area contributed by atoms with Crippen molar-refractivity contribution in [3.8, 4) is 5.75 Å². The van der Waals surface area contributed by atoms with Crippen molar-refractivity contribution in [1.29, 1.82) is 0 Å². The second-order valence-corrected chi connectivity index (χ2v) is 3.64. The molecule has 88 valence electrons. The van der Waals surface area contributed by atoms with E-state index in [1.165, 1.54) is 25.3 Å². The molecule has 0 radical (unpaired) electrons. The minimum atomic E-state index is -0.390. The van der Waals surface area contributed by atoms with Crippen LogP contribution in [0.4, 0.5) is 10.1 Å². The van der Waals surface area contributed by atoms with Crippen LogP contribution < -0.4 is 10.1 Å². The molecule has 0 unspecified atom stereocenters. The molecule has 1 rings (SSSR count). The van der Waals surface area contributed by atoms with Crippen molar-refractivity contribution >= 4 is 11.6 Å². The molecule has 0 aliphatic rings. The highest BCUT2D eigenvalue weighted by Crippen LogP contribution is 2.25. The molecule has 4 heteroatoms. The quantitative estimate of drug-likeness (QED) is 0.855. The minimum absolute atomic E-state index is 0.0743. The molecule has 1 atom stereocenters. The summed E-state index contributed by atoms with van der Waals surface area (Å²) < 4.78 is 17.9. The molecule has 0 saturated carbocycles. The Kier molecular flexibility index (Phi) is 4.28. The number of halogens is 1. The van der Waals surface area contributed by atoms with E-state index in [1.807, 2.05) is 13.8 Å². The lowest BCUT2D eigenvalue weighted by molar-refractivity contribution is -0.119. The zero-order valence-electron chi connectivity index (χ0n) is 9.71. The number of amides is 1. The second kappa shape index (κ2) is 5.49. The van der Waals surface area contributed by atoms with Gasteiger partial charge in [-0.1, -0.05) is 13.8 Å². The molecule has 1 N–H and O–H groups in total. The summed E-state index contributed by atoms with van der Waals surface area (Å²) in [5.74, 6) is -0.225. The Morgan fingerprint density at radius 2 is 2.25 bits per heavy atom. The first-order valence-corrected chi connectivity index (χ1v) is 5.22. The highest BCUT2D eigenvalue weighted by molar-refractivity contribution is 5.93. The predicted molar refractivity (Wildman–Crippen MR) is 61.0 cm³/mol. The molecule has 0 fully saturated rings. The van der Waals surface area contributed by atoms with Crippen LogP contribution in [0.5, 0.6) is 5.75 Å². The monoisotopic (exact) mass is 225 g/mol. The van der Waals surface area contributed by atoms with Gasteiger partial charge in [-0.05, 0) is 18.6 Å². The molecule has 0 aliphatic carbocycles. The van der Waals surface area contributed by atoms with E-state index in [2.05, 4.69) is 5.32 Å². The maximum atomic E-state index is 12.9. The Morgan fingerprint density at radius 1 is 1.56 bits per heavy atom. The Morgan fingerprint density at radius 3 is 2.81 bits per heavy atom. The van der Waals surface area contributed by atoms with E-state index in [0.29, 0.717) is 11.4 Å². The molecule has 1 aromatic carbocycles. The molecule has 0 spiro atoms. The number of carbonyl (C=O) groups is 1. The van der Waals surface area contributed by atoms with E-state index in [4.69, 9.17) is 4.74 Å². The van der Waals surface area contributed by atoms with Gasteiger partial charge in [-0.2, -0.15) is 0 Å². The normalized spacial score (nSPS) is 12.0. The summed E-state index contributed by atoms with van der Waals surface area (Å²) in [7, 11) is 1.44. The fraction of sp³-hybridized carbons (Fsp3) is 0.417. The van der Waals surface area contributed by atoms with Crippen molar-refractivity contribution < 1.29 is 13.9 Å². The average Bonchev–Trinajstić information content (AvgIpc) is 2.30. The second-order valence-electron chi connectivity index (χ2n) is 3.64. The van der Waals surface area contributed by atoms with Crippen LogP contribution in [0.15, 0.2) is 18.2 Å². The van der Waals surface area contributed by atoms with Crippen molar-refractivity contribution in [2.24, 2.45) is 5.92 Å². The van der Waals surface area contributed by atoms with Gasteiger partial charge in [0.1, 0.15) is 11.6 Å². The molecular weight excluding hydrogens is 209 g/mol. The van der Waals surface area contributed by atoms with Crippen LogP contribution in [0.3, 0.4) is 0 Å². The molecule has 0 aromatic heterocycles. The van der Waals surface area contributed by atoms with Gasteiger partial charge in [0.05, 0.1) is 12.8 Å². The summed E-state index contributed by atoms with van der Waals surface area (Å²) in [4.78, 5) is 11.6. The lowest BCUT2D eigenvalue weighted by Crippen LogP contribution is -2.20. The van der Waals surface area contributed by atoms with Crippen molar-refractivity contribution in [1.82, 2.24) is 0 Å². The lowest BCUT2D eigenvalue weighted by atomic mass is 10.1. The third kappa shape index (κ3) is 2.95. The first kappa shape index (κ1) is 12.5. The maximum Gasteiger partial charge on any atom is 0.227 e. The smallest absolute Gasteiger partial charge is 0.227 e. The van der Waals surface area contributed by atoms with Crippen molar-refractivity contribution in [2.45, 2.75) is 20.3 Å². The van der Waals surface area contributed by atoms with Crippen LogP contribution >= 0.6 is 0 Å². The van der Waals surface area contributed by atoms with Crippen LogP contribution in [-0.4, -0.2) is 13.0 Å². The van der Waals surface area contributed by atoms with Gasteiger partial charge >= 0.3 is 0 Å². The van der Waals surface area contributed by atoms with Crippen LogP contribution in [0.1, 0.15) is 20.3 Å². The topological polar surface area (TPSA) is 38.3 Å². The number of methoxy groups -OCH3 is 1. The fourth-order valence-corrected chi connectivity index (χ4v) is 1.21. The number of hydrogen-bond acceptors (Lipinski definition) is 2. The Hall–Kier alpha value is -1.58. The van der Waals surface area contributed by atoms with Crippen molar-refractivity contribution in [3.63, 3.8) is 0 Å². The van der Waals surface area contributed by atoms with Gasteiger partial charge in [0, 0.05) is 12.0 Å². The minimum Gasteiger partial charge on any atom is -0.494 e. The number of rotatable bonds is 4. The highest BCUT2D eigenvalue weighted by Gasteiger charge is 2.13. The van der Waals surface area contributed by atoms with E-state index < -0.39 is 5.82 Å². The van der Waals surface area contributed by atoms with Crippen molar-refractivity contribution in [2.75, 3.05) is 12.4 Å². The third-order valence-corrected chi connectivity index (χ3v) is 2.48. The lowest BCUT2D eigenvalue weighted by Gasteiger charge is -2.12. The summed E-state index contributed by atoms with van der Waals surface area (Å²) in [6, 6.07) is 4.02. The predicted octanol–water partition coefficient (Wildman–Crippen LogP) is 2.82. The Labute approximate surface area is 94.6 Å².